The van der Waals surface area contributed by atoms with Gasteiger partial charge in [0.1, 0.15) is 0 Å². The highest BCUT2D eigenvalue weighted by atomic mass is 16.2. The van der Waals surface area contributed by atoms with E-state index < -0.39 is 0 Å². The molecule has 0 aliphatic carbocycles. The molecule has 0 atom stereocenters. The molecule has 2 saturated heterocycles. The third kappa shape index (κ3) is 4.97. The lowest BCUT2D eigenvalue weighted by Crippen LogP contribution is -2.55. The van der Waals surface area contributed by atoms with Crippen molar-refractivity contribution in [3.8, 4) is 0 Å². The molecular weight excluding hydrogens is 352 g/mol. The Morgan fingerprint density at radius 3 is 2.11 bits per heavy atom. The maximum atomic E-state index is 12.6. The van der Waals surface area contributed by atoms with Gasteiger partial charge in [-0.15, -0.1) is 0 Å². The van der Waals surface area contributed by atoms with Crippen LogP contribution in [0.3, 0.4) is 0 Å². The molecule has 2 aliphatic heterocycles. The van der Waals surface area contributed by atoms with E-state index in [0.29, 0.717) is 0 Å². The number of amides is 3. The van der Waals surface area contributed by atoms with Crippen LogP contribution in [0.25, 0.3) is 0 Å². The average Bonchev–Trinajstić information content (AvgIpc) is 2.76. The van der Waals surface area contributed by atoms with Crippen molar-refractivity contribution in [1.82, 2.24) is 15.1 Å². The van der Waals surface area contributed by atoms with Crippen molar-refractivity contribution in [2.24, 2.45) is 5.92 Å². The number of urea groups is 1. The first-order chi connectivity index (χ1) is 13.6. The molecular formula is C22H34N4O2. The molecule has 6 nitrogen and oxygen atoms in total. The summed E-state index contributed by atoms with van der Waals surface area (Å²) < 4.78 is 0. The minimum absolute atomic E-state index is 0.0393. The number of likely N-dealkylation sites (tertiary alicyclic amines) is 1. The summed E-state index contributed by atoms with van der Waals surface area (Å²) in [6, 6.07) is 10.6. The fourth-order valence-corrected chi connectivity index (χ4v) is 4.21. The SMILES string of the molecule is CCC(CC)C(=O)N1CCC(NC(=O)N2CCN(c3ccccc3)CC2)CC1. The van der Waals surface area contributed by atoms with Gasteiger partial charge in [0.25, 0.3) is 0 Å². The predicted molar refractivity (Wildman–Crippen MR) is 112 cm³/mol. The quantitative estimate of drug-likeness (QED) is 0.846. The fourth-order valence-electron chi connectivity index (χ4n) is 4.21. The number of anilines is 1. The van der Waals surface area contributed by atoms with Crippen molar-refractivity contribution in [1.29, 1.82) is 0 Å². The zero-order valence-corrected chi connectivity index (χ0v) is 17.3. The first-order valence-corrected chi connectivity index (χ1v) is 10.8. The number of nitrogens with zero attached hydrogens (tertiary/aromatic N) is 3. The van der Waals surface area contributed by atoms with Gasteiger partial charge in [-0.05, 0) is 37.8 Å². The lowest BCUT2D eigenvalue weighted by Gasteiger charge is -2.38. The van der Waals surface area contributed by atoms with Gasteiger partial charge in [-0.1, -0.05) is 32.0 Å². The molecule has 1 aromatic rings. The molecule has 1 N–H and O–H groups in total. The Morgan fingerprint density at radius 1 is 0.929 bits per heavy atom. The summed E-state index contributed by atoms with van der Waals surface area (Å²) in [5, 5.41) is 3.19. The van der Waals surface area contributed by atoms with Crippen molar-refractivity contribution in [3.63, 3.8) is 0 Å². The summed E-state index contributed by atoms with van der Waals surface area (Å²) in [6.45, 7) is 8.87. The number of benzene rings is 1. The summed E-state index contributed by atoms with van der Waals surface area (Å²) >= 11 is 0. The number of para-hydroxylation sites is 1. The zero-order valence-electron chi connectivity index (χ0n) is 17.3. The van der Waals surface area contributed by atoms with E-state index in [0.717, 1.165) is 65.0 Å². The van der Waals surface area contributed by atoms with E-state index in [2.05, 4.69) is 48.3 Å². The molecule has 2 heterocycles. The van der Waals surface area contributed by atoms with E-state index in [1.54, 1.807) is 0 Å². The Morgan fingerprint density at radius 2 is 1.54 bits per heavy atom. The van der Waals surface area contributed by atoms with Gasteiger partial charge in [0.2, 0.25) is 5.91 Å². The van der Waals surface area contributed by atoms with Crippen LogP contribution in [0.1, 0.15) is 39.5 Å². The van der Waals surface area contributed by atoms with Crippen molar-refractivity contribution in [3.05, 3.63) is 30.3 Å². The van der Waals surface area contributed by atoms with Crippen LogP contribution in [-0.4, -0.2) is 67.0 Å². The Bertz CT molecular complexity index is 631. The smallest absolute Gasteiger partial charge is 0.317 e. The summed E-state index contributed by atoms with van der Waals surface area (Å²) in [6.07, 6.45) is 3.51. The van der Waals surface area contributed by atoms with Crippen LogP contribution in [0.15, 0.2) is 30.3 Å². The first kappa shape index (κ1) is 20.5. The number of rotatable bonds is 5. The number of carbonyl (C=O) groups excluding carboxylic acids is 2. The molecule has 3 amide bonds. The molecule has 0 radical (unpaired) electrons. The standard InChI is InChI=1S/C22H34N4O2/c1-3-18(4-2)21(27)25-12-10-19(11-13-25)23-22(28)26-16-14-24(15-17-26)20-8-6-5-7-9-20/h5-9,18-19H,3-4,10-17H2,1-2H3,(H,23,28). The molecule has 0 unspecified atom stereocenters. The lowest BCUT2D eigenvalue weighted by molar-refractivity contribution is -0.136. The highest BCUT2D eigenvalue weighted by molar-refractivity contribution is 5.79. The highest BCUT2D eigenvalue weighted by Gasteiger charge is 2.28. The van der Waals surface area contributed by atoms with E-state index in [9.17, 15) is 9.59 Å². The first-order valence-electron chi connectivity index (χ1n) is 10.8. The van der Waals surface area contributed by atoms with Crippen LogP contribution < -0.4 is 10.2 Å². The van der Waals surface area contributed by atoms with Gasteiger partial charge in [0, 0.05) is 56.9 Å². The zero-order chi connectivity index (χ0) is 19.9. The minimum atomic E-state index is 0.0393. The number of nitrogens with one attached hydrogen (secondary N) is 1. The number of hydrogen-bond donors (Lipinski definition) is 1. The molecule has 6 heteroatoms. The van der Waals surface area contributed by atoms with E-state index in [4.69, 9.17) is 0 Å². The van der Waals surface area contributed by atoms with E-state index in [1.165, 1.54) is 5.69 Å². The van der Waals surface area contributed by atoms with E-state index in [-0.39, 0.29) is 23.9 Å². The van der Waals surface area contributed by atoms with Crippen LogP contribution in [0, 0.1) is 5.92 Å². The van der Waals surface area contributed by atoms with Crippen LogP contribution in [0.4, 0.5) is 10.5 Å². The van der Waals surface area contributed by atoms with E-state index >= 15 is 0 Å². The fraction of sp³-hybridized carbons (Fsp3) is 0.636. The second-order valence-corrected chi connectivity index (χ2v) is 7.87. The maximum absolute atomic E-state index is 12.6. The second-order valence-electron chi connectivity index (χ2n) is 7.87. The molecule has 2 aliphatic rings. The van der Waals surface area contributed by atoms with E-state index in [1.807, 2.05) is 15.9 Å². The molecule has 2 fully saturated rings. The largest absolute Gasteiger partial charge is 0.368 e. The van der Waals surface area contributed by atoms with Crippen LogP contribution >= 0.6 is 0 Å². The summed E-state index contributed by atoms with van der Waals surface area (Å²) in [5.74, 6) is 0.430. The Labute approximate surface area is 168 Å². The molecule has 3 rings (SSSR count). The van der Waals surface area contributed by atoms with Crippen LogP contribution in [-0.2, 0) is 4.79 Å². The third-order valence-corrected chi connectivity index (χ3v) is 6.16. The van der Waals surface area contributed by atoms with Crippen molar-refractivity contribution < 1.29 is 9.59 Å². The van der Waals surface area contributed by atoms with Gasteiger partial charge in [-0.2, -0.15) is 0 Å². The Kier molecular flexibility index (Phi) is 7.18. The number of piperidine rings is 1. The number of piperazine rings is 1. The van der Waals surface area contributed by atoms with Crippen molar-refractivity contribution in [2.75, 3.05) is 44.2 Å². The predicted octanol–water partition coefficient (Wildman–Crippen LogP) is 2.95. The Balaban J connectivity index is 1.41. The van der Waals surface area contributed by atoms with Gasteiger partial charge in [0.15, 0.2) is 0 Å². The molecule has 1 aromatic carbocycles. The van der Waals surface area contributed by atoms with Gasteiger partial charge in [0.05, 0.1) is 0 Å². The summed E-state index contributed by atoms with van der Waals surface area (Å²) in [7, 11) is 0. The number of hydrogen-bond acceptors (Lipinski definition) is 3. The van der Waals surface area contributed by atoms with Gasteiger partial charge in [-0.3, -0.25) is 4.79 Å². The van der Waals surface area contributed by atoms with Gasteiger partial charge >= 0.3 is 6.03 Å². The summed E-state index contributed by atoms with van der Waals surface area (Å²) in [5.41, 5.74) is 1.22. The second kappa shape index (κ2) is 9.80. The van der Waals surface area contributed by atoms with Gasteiger partial charge < -0.3 is 20.0 Å². The third-order valence-electron chi connectivity index (χ3n) is 6.16. The Hall–Kier alpha value is -2.24. The molecule has 0 spiro atoms. The molecule has 0 bridgehead atoms. The molecule has 28 heavy (non-hydrogen) atoms. The molecule has 0 saturated carbocycles. The maximum Gasteiger partial charge on any atom is 0.317 e. The van der Waals surface area contributed by atoms with Gasteiger partial charge in [-0.25, -0.2) is 4.79 Å². The number of carbonyl (C=O) groups is 2. The summed E-state index contributed by atoms with van der Waals surface area (Å²) in [4.78, 5) is 31.4. The topological polar surface area (TPSA) is 55.9 Å². The van der Waals surface area contributed by atoms with Crippen LogP contribution in [0.2, 0.25) is 0 Å². The van der Waals surface area contributed by atoms with Crippen molar-refractivity contribution >= 4 is 17.6 Å². The van der Waals surface area contributed by atoms with Crippen LogP contribution in [0.5, 0.6) is 0 Å². The lowest BCUT2D eigenvalue weighted by atomic mass is 9.98. The molecule has 0 aromatic heterocycles. The molecule has 154 valence electrons. The average molecular weight is 387 g/mol. The minimum Gasteiger partial charge on any atom is -0.368 e. The highest BCUT2D eigenvalue weighted by Crippen LogP contribution is 2.18. The monoisotopic (exact) mass is 386 g/mol. The van der Waals surface area contributed by atoms with Crippen molar-refractivity contribution in [2.45, 2.75) is 45.6 Å². The normalized spacial score (nSPS) is 18.5.